The van der Waals surface area contributed by atoms with Crippen LogP contribution in [-0.4, -0.2) is 32.1 Å². The summed E-state index contributed by atoms with van der Waals surface area (Å²) in [7, 11) is -3.27. The van der Waals surface area contributed by atoms with E-state index in [1.165, 1.54) is 0 Å². The quantitative estimate of drug-likeness (QED) is 0.531. The van der Waals surface area contributed by atoms with Crippen molar-refractivity contribution in [2.24, 2.45) is 5.73 Å². The smallest absolute Gasteiger partial charge is 0.229 e. The van der Waals surface area contributed by atoms with E-state index in [4.69, 9.17) is 11.1 Å². The lowest BCUT2D eigenvalue weighted by Gasteiger charge is -2.30. The Kier molecular flexibility index (Phi) is 3.16. The second kappa shape index (κ2) is 4.49. The van der Waals surface area contributed by atoms with Gasteiger partial charge in [0.1, 0.15) is 0 Å². The molecule has 0 bridgehead atoms. The van der Waals surface area contributed by atoms with Gasteiger partial charge in [-0.3, -0.25) is 10.1 Å². The number of sulfonamides is 1. The first-order chi connectivity index (χ1) is 8.37. The highest BCUT2D eigenvalue weighted by Crippen LogP contribution is 2.26. The monoisotopic (exact) mass is 268 g/mol. The third-order valence-corrected chi connectivity index (χ3v) is 3.49. The van der Waals surface area contributed by atoms with E-state index in [0.29, 0.717) is 25.2 Å². The van der Waals surface area contributed by atoms with Crippen LogP contribution < -0.4 is 10.5 Å². The fraction of sp³-hybridized carbons (Fsp3) is 0.364. The highest BCUT2D eigenvalue weighted by molar-refractivity contribution is 7.92. The summed E-state index contributed by atoms with van der Waals surface area (Å²) in [6, 6.07) is 5.48. The number of guanidine groups is 1. The fourth-order valence-electron chi connectivity index (χ4n) is 2.11. The van der Waals surface area contributed by atoms with Crippen LogP contribution in [-0.2, 0) is 23.0 Å². The average Bonchev–Trinajstić information content (AvgIpc) is 2.26. The van der Waals surface area contributed by atoms with E-state index in [1.54, 1.807) is 17.0 Å². The Bertz CT molecular complexity index is 583. The molecular formula is C11H16N4O2S. The normalized spacial score (nSPS) is 15.1. The van der Waals surface area contributed by atoms with E-state index in [0.717, 1.165) is 17.4 Å². The van der Waals surface area contributed by atoms with E-state index in [2.05, 4.69) is 4.72 Å². The number of hydrogen-bond acceptors (Lipinski definition) is 3. The van der Waals surface area contributed by atoms with E-state index in [1.807, 2.05) is 6.07 Å². The number of fused-ring (bicyclic) bond motifs is 1. The first kappa shape index (κ1) is 12.7. The molecule has 1 aromatic carbocycles. The maximum Gasteiger partial charge on any atom is 0.229 e. The van der Waals surface area contributed by atoms with E-state index >= 15 is 0 Å². The Morgan fingerprint density at radius 3 is 2.83 bits per heavy atom. The van der Waals surface area contributed by atoms with Crippen molar-refractivity contribution in [2.45, 2.75) is 13.0 Å². The average molecular weight is 268 g/mol. The Morgan fingerprint density at radius 2 is 2.22 bits per heavy atom. The molecule has 0 amide bonds. The molecule has 1 aliphatic heterocycles. The number of benzene rings is 1. The minimum atomic E-state index is -3.27. The number of nitrogens with two attached hydrogens (primary N) is 1. The van der Waals surface area contributed by atoms with Crippen LogP contribution in [0.2, 0.25) is 0 Å². The van der Waals surface area contributed by atoms with Gasteiger partial charge in [-0.1, -0.05) is 12.1 Å². The summed E-state index contributed by atoms with van der Waals surface area (Å²) in [5.74, 6) is 0.0436. The van der Waals surface area contributed by atoms with Gasteiger partial charge in [-0.2, -0.15) is 0 Å². The third kappa shape index (κ3) is 2.73. The topological polar surface area (TPSA) is 99.3 Å². The molecule has 1 aromatic rings. The fourth-order valence-corrected chi connectivity index (χ4v) is 2.70. The number of nitrogens with one attached hydrogen (secondary N) is 2. The highest BCUT2D eigenvalue weighted by atomic mass is 32.2. The number of anilines is 1. The molecule has 0 atom stereocenters. The summed E-state index contributed by atoms with van der Waals surface area (Å²) in [5.41, 5.74) is 8.08. The van der Waals surface area contributed by atoms with E-state index in [9.17, 15) is 8.42 Å². The van der Waals surface area contributed by atoms with Crippen molar-refractivity contribution in [3.63, 3.8) is 0 Å². The van der Waals surface area contributed by atoms with Crippen LogP contribution in [0.4, 0.5) is 5.69 Å². The van der Waals surface area contributed by atoms with Gasteiger partial charge < -0.3 is 10.6 Å². The zero-order valence-corrected chi connectivity index (χ0v) is 10.9. The van der Waals surface area contributed by atoms with Crippen LogP contribution in [0.25, 0.3) is 0 Å². The SMILES string of the molecule is CS(=O)(=O)Nc1cccc2c1CCN(C(=N)N)C2. The summed E-state index contributed by atoms with van der Waals surface area (Å²) in [4.78, 5) is 1.76. The molecule has 0 radical (unpaired) electrons. The highest BCUT2D eigenvalue weighted by Gasteiger charge is 2.20. The van der Waals surface area contributed by atoms with Gasteiger partial charge in [-0.05, 0) is 23.6 Å². The van der Waals surface area contributed by atoms with Crippen LogP contribution in [0, 0.1) is 5.41 Å². The van der Waals surface area contributed by atoms with Crippen molar-refractivity contribution in [1.82, 2.24) is 4.90 Å². The molecule has 2 rings (SSSR count). The molecule has 4 N–H and O–H groups in total. The van der Waals surface area contributed by atoms with Crippen molar-refractivity contribution < 1.29 is 8.42 Å². The van der Waals surface area contributed by atoms with Gasteiger partial charge in [0.05, 0.1) is 11.9 Å². The van der Waals surface area contributed by atoms with Crippen LogP contribution in [0.15, 0.2) is 18.2 Å². The van der Waals surface area contributed by atoms with E-state index in [-0.39, 0.29) is 5.96 Å². The van der Waals surface area contributed by atoms with Crippen LogP contribution in [0.5, 0.6) is 0 Å². The predicted molar refractivity (Wildman–Crippen MR) is 70.9 cm³/mol. The molecule has 0 saturated carbocycles. The number of hydrogen-bond donors (Lipinski definition) is 3. The first-order valence-corrected chi connectivity index (χ1v) is 7.43. The standard InChI is InChI=1S/C11H16N4O2S/c1-18(16,17)14-10-4-2-3-8-7-15(11(12)13)6-5-9(8)10/h2-4,14H,5-7H2,1H3,(H3,12,13). The van der Waals surface area contributed by atoms with Gasteiger partial charge in [0, 0.05) is 13.1 Å². The third-order valence-electron chi connectivity index (χ3n) is 2.90. The van der Waals surface area contributed by atoms with Gasteiger partial charge >= 0.3 is 0 Å². The van der Waals surface area contributed by atoms with Gasteiger partial charge in [0.15, 0.2) is 5.96 Å². The zero-order valence-electron chi connectivity index (χ0n) is 10.1. The summed E-state index contributed by atoms with van der Waals surface area (Å²) < 4.78 is 25.1. The summed E-state index contributed by atoms with van der Waals surface area (Å²) in [6.45, 7) is 1.18. The largest absolute Gasteiger partial charge is 0.370 e. The van der Waals surface area contributed by atoms with E-state index < -0.39 is 10.0 Å². The minimum Gasteiger partial charge on any atom is -0.370 e. The minimum absolute atomic E-state index is 0.0436. The van der Waals surface area contributed by atoms with Gasteiger partial charge in [-0.25, -0.2) is 8.42 Å². The second-order valence-electron chi connectivity index (χ2n) is 4.37. The molecule has 98 valence electrons. The van der Waals surface area contributed by atoms with Crippen molar-refractivity contribution in [3.05, 3.63) is 29.3 Å². The number of nitrogens with zero attached hydrogens (tertiary/aromatic N) is 1. The first-order valence-electron chi connectivity index (χ1n) is 5.54. The lowest BCUT2D eigenvalue weighted by Crippen LogP contribution is -2.40. The molecule has 18 heavy (non-hydrogen) atoms. The van der Waals surface area contributed by atoms with Crippen LogP contribution >= 0.6 is 0 Å². The number of rotatable bonds is 2. The summed E-state index contributed by atoms with van der Waals surface area (Å²) in [5, 5.41) is 7.42. The van der Waals surface area contributed by atoms with Gasteiger partial charge in [0.25, 0.3) is 0 Å². The molecule has 0 aromatic heterocycles. The summed E-state index contributed by atoms with van der Waals surface area (Å²) in [6.07, 6.45) is 1.81. The van der Waals surface area contributed by atoms with Crippen LogP contribution in [0.3, 0.4) is 0 Å². The molecule has 6 nitrogen and oxygen atoms in total. The Morgan fingerprint density at radius 1 is 1.50 bits per heavy atom. The zero-order chi connectivity index (χ0) is 13.3. The van der Waals surface area contributed by atoms with Gasteiger partial charge in [0.2, 0.25) is 10.0 Å². The van der Waals surface area contributed by atoms with Crippen molar-refractivity contribution in [3.8, 4) is 0 Å². The second-order valence-corrected chi connectivity index (χ2v) is 6.12. The molecule has 7 heteroatoms. The maximum absolute atomic E-state index is 11.3. The molecule has 1 aliphatic rings. The van der Waals surface area contributed by atoms with Crippen molar-refractivity contribution in [2.75, 3.05) is 17.5 Å². The van der Waals surface area contributed by atoms with Crippen molar-refractivity contribution >= 4 is 21.7 Å². The lowest BCUT2D eigenvalue weighted by molar-refractivity contribution is 0.387. The Hall–Kier alpha value is -1.76. The Labute approximate surface area is 106 Å². The molecular weight excluding hydrogens is 252 g/mol. The molecule has 0 spiro atoms. The molecule has 0 unspecified atom stereocenters. The molecule has 0 fully saturated rings. The lowest BCUT2D eigenvalue weighted by atomic mass is 9.98. The molecule has 0 saturated heterocycles. The molecule has 0 aliphatic carbocycles. The van der Waals surface area contributed by atoms with Crippen LogP contribution in [0.1, 0.15) is 11.1 Å². The van der Waals surface area contributed by atoms with Crippen molar-refractivity contribution in [1.29, 1.82) is 5.41 Å². The summed E-state index contributed by atoms with van der Waals surface area (Å²) >= 11 is 0. The Balaban J connectivity index is 2.33. The molecule has 1 heterocycles. The maximum atomic E-state index is 11.3. The van der Waals surface area contributed by atoms with Gasteiger partial charge in [-0.15, -0.1) is 0 Å². The predicted octanol–water partition coefficient (Wildman–Crippen LogP) is 0.310.